The molecule has 0 unspecified atom stereocenters. The number of hydrogen-bond donors (Lipinski definition) is 4. The molecule has 0 spiro atoms. The fourth-order valence-corrected chi connectivity index (χ4v) is 8.11. The van der Waals surface area contributed by atoms with Crippen LogP contribution in [0.3, 0.4) is 0 Å². The van der Waals surface area contributed by atoms with Crippen LogP contribution in [0.1, 0.15) is 99.9 Å². The van der Waals surface area contributed by atoms with Crippen LogP contribution in [0, 0.1) is 23.2 Å². The number of carbonyl (C=O) groups excluding carboxylic acids is 3. The number of aromatic amines is 1. The Hall–Kier alpha value is -4.10. The first-order valence-corrected chi connectivity index (χ1v) is 18.0. The highest BCUT2D eigenvalue weighted by atomic mass is 16.7. The zero-order chi connectivity index (χ0) is 35.6. The number of amides is 3. The second kappa shape index (κ2) is 14.6. The molecule has 12 nitrogen and oxygen atoms in total. The zero-order valence-corrected chi connectivity index (χ0v) is 30.0. The summed E-state index contributed by atoms with van der Waals surface area (Å²) in [6.45, 7) is 13.0. The van der Waals surface area contributed by atoms with E-state index >= 15 is 0 Å². The maximum atomic E-state index is 14.1. The van der Waals surface area contributed by atoms with E-state index in [0.717, 1.165) is 37.7 Å². The maximum absolute atomic E-state index is 14.1. The minimum absolute atomic E-state index is 0.0302. The van der Waals surface area contributed by atoms with Gasteiger partial charge in [-0.3, -0.25) is 14.4 Å². The lowest BCUT2D eigenvalue weighted by Crippen LogP contribution is -2.65. The molecule has 2 aromatic carbocycles. The summed E-state index contributed by atoms with van der Waals surface area (Å²) in [4.78, 5) is 40.9. The van der Waals surface area contributed by atoms with Crippen molar-refractivity contribution in [2.75, 3.05) is 6.54 Å². The van der Waals surface area contributed by atoms with E-state index in [9.17, 15) is 14.4 Å². The number of nitrogens with one attached hydrogen (secondary N) is 4. The van der Waals surface area contributed by atoms with Crippen molar-refractivity contribution in [3.63, 3.8) is 0 Å². The Morgan fingerprint density at radius 2 is 1.68 bits per heavy atom. The third-order valence-corrected chi connectivity index (χ3v) is 11.2. The van der Waals surface area contributed by atoms with Crippen LogP contribution in [0.25, 0.3) is 11.4 Å². The summed E-state index contributed by atoms with van der Waals surface area (Å²) in [5.74, 6) is -0.0282. The molecule has 3 amide bonds. The van der Waals surface area contributed by atoms with Crippen LogP contribution in [-0.4, -0.2) is 75.7 Å². The summed E-state index contributed by atoms with van der Waals surface area (Å²) in [6, 6.07) is 13.1. The van der Waals surface area contributed by atoms with Gasteiger partial charge < -0.3 is 25.3 Å². The van der Waals surface area contributed by atoms with Gasteiger partial charge in [-0.1, -0.05) is 65.3 Å². The molecule has 3 aliphatic carbocycles. The van der Waals surface area contributed by atoms with Gasteiger partial charge in [0.2, 0.25) is 11.7 Å². The van der Waals surface area contributed by atoms with Gasteiger partial charge in [0.1, 0.15) is 6.04 Å². The number of aromatic nitrogens is 4. The summed E-state index contributed by atoms with van der Waals surface area (Å²) in [6.07, 6.45) is 5.75. The first-order chi connectivity index (χ1) is 23.9. The summed E-state index contributed by atoms with van der Waals surface area (Å²) in [5.41, 5.74) is 2.43. The minimum atomic E-state index is -1.06. The number of aryl methyl sites for hydroxylation is 1. The Morgan fingerprint density at radius 3 is 2.32 bits per heavy atom. The number of tetrazole rings is 1. The Balaban J connectivity index is 1.17. The van der Waals surface area contributed by atoms with Gasteiger partial charge in [-0.05, 0) is 97.2 Å². The van der Waals surface area contributed by atoms with E-state index in [1.165, 1.54) is 0 Å². The van der Waals surface area contributed by atoms with Crippen molar-refractivity contribution in [3.8, 4) is 11.4 Å². The molecule has 6 atom stereocenters. The molecule has 2 bridgehead atoms. The SMILES string of the molecule is CCCCc1ccc(C(=O)N[C@@H](CNC(=O)c2ccc(-c3nn[nH]n3)cc2)C(=O)N[C@@H](CC(C)C)B2O[C@@H]3C[C@H]4C[C@H](C4(C)C)[C@]3(C)O2)cc1. The average Bonchev–Trinajstić information content (AvgIpc) is 3.77. The summed E-state index contributed by atoms with van der Waals surface area (Å²) in [7, 11) is -0.620. The Labute approximate surface area is 294 Å². The van der Waals surface area contributed by atoms with Gasteiger partial charge in [-0.2, -0.15) is 5.21 Å². The van der Waals surface area contributed by atoms with Crippen LogP contribution in [0.2, 0.25) is 0 Å². The van der Waals surface area contributed by atoms with Crippen molar-refractivity contribution >= 4 is 24.8 Å². The van der Waals surface area contributed by atoms with Crippen molar-refractivity contribution in [3.05, 3.63) is 65.2 Å². The number of rotatable bonds is 14. The molecule has 1 saturated heterocycles. The fraction of sp³-hybridized carbons (Fsp3) is 0.568. The van der Waals surface area contributed by atoms with Crippen LogP contribution in [0.15, 0.2) is 48.5 Å². The van der Waals surface area contributed by atoms with Crippen LogP contribution in [0.4, 0.5) is 0 Å². The van der Waals surface area contributed by atoms with Gasteiger partial charge in [0.15, 0.2) is 0 Å². The molecule has 2 heterocycles. The second-order valence-corrected chi connectivity index (χ2v) is 15.4. The molecule has 0 radical (unpaired) electrons. The Bertz CT molecular complexity index is 1650. The van der Waals surface area contributed by atoms with Crippen molar-refractivity contribution in [2.24, 2.45) is 23.2 Å². The van der Waals surface area contributed by atoms with Gasteiger partial charge in [0.05, 0.1) is 17.6 Å². The minimum Gasteiger partial charge on any atom is -0.404 e. The topological polar surface area (TPSA) is 160 Å². The summed E-state index contributed by atoms with van der Waals surface area (Å²) in [5, 5.41) is 22.8. The smallest absolute Gasteiger partial charge is 0.404 e. The van der Waals surface area contributed by atoms with Crippen molar-refractivity contribution in [1.82, 2.24) is 36.6 Å². The molecule has 4 N–H and O–H groups in total. The van der Waals surface area contributed by atoms with Gasteiger partial charge in [-0.25, -0.2) is 0 Å². The molecular weight excluding hydrogens is 633 g/mol. The number of unbranched alkanes of at least 4 members (excludes halogenated alkanes) is 1. The highest BCUT2D eigenvalue weighted by Crippen LogP contribution is 2.65. The van der Waals surface area contributed by atoms with Crippen molar-refractivity contribution in [2.45, 2.75) is 104 Å². The Morgan fingerprint density at radius 1 is 0.980 bits per heavy atom. The predicted molar refractivity (Wildman–Crippen MR) is 190 cm³/mol. The monoisotopic (exact) mass is 683 g/mol. The standard InChI is InChI=1S/C37H50BN7O5/c1-7-8-9-23-10-12-26(13-11-23)34(47)40-28(21-39-33(46)25-16-14-24(15-17-25)32-42-44-45-43-32)35(48)41-31(18-22(2)3)38-49-30-20-27-19-29(36(27,4)5)37(30,6)50-38/h10-17,22,27-31H,7-9,18-21H2,1-6H3,(H,39,46)(H,40,47)(H,41,48)(H,42,43,44,45)/t27-,28+,29-,30-,31+,37+/m1/s1. The van der Waals surface area contributed by atoms with Crippen molar-refractivity contribution < 1.29 is 23.7 Å². The number of H-pyrrole nitrogens is 1. The van der Waals surface area contributed by atoms with Gasteiger partial charge in [0, 0.05) is 23.2 Å². The highest BCUT2D eigenvalue weighted by molar-refractivity contribution is 6.48. The predicted octanol–water partition coefficient (Wildman–Crippen LogP) is 4.54. The van der Waals surface area contributed by atoms with Gasteiger partial charge in [0.25, 0.3) is 11.8 Å². The third-order valence-electron chi connectivity index (χ3n) is 11.2. The highest BCUT2D eigenvalue weighted by Gasteiger charge is 2.68. The van der Waals surface area contributed by atoms with E-state index < -0.39 is 42.4 Å². The number of carbonyl (C=O) groups is 3. The molecule has 3 aromatic rings. The maximum Gasteiger partial charge on any atom is 0.481 e. The largest absolute Gasteiger partial charge is 0.481 e. The third kappa shape index (κ3) is 7.34. The zero-order valence-electron chi connectivity index (χ0n) is 30.0. The number of nitrogens with zero attached hydrogens (tertiary/aromatic N) is 3. The summed E-state index contributed by atoms with van der Waals surface area (Å²) < 4.78 is 13.3. The first kappa shape index (κ1) is 35.7. The summed E-state index contributed by atoms with van der Waals surface area (Å²) >= 11 is 0. The average molecular weight is 684 g/mol. The lowest BCUT2D eigenvalue weighted by atomic mass is 9.43. The lowest BCUT2D eigenvalue weighted by Gasteiger charge is -2.64. The quantitative estimate of drug-likeness (QED) is 0.180. The van der Waals surface area contributed by atoms with Crippen LogP contribution < -0.4 is 16.0 Å². The number of hydrogen-bond acceptors (Lipinski definition) is 8. The van der Waals surface area contributed by atoms with E-state index in [1.54, 1.807) is 36.4 Å². The fourth-order valence-electron chi connectivity index (χ4n) is 8.11. The first-order valence-electron chi connectivity index (χ1n) is 18.0. The van der Waals surface area contributed by atoms with Crippen LogP contribution in [0.5, 0.6) is 0 Å². The van der Waals surface area contributed by atoms with Gasteiger partial charge >= 0.3 is 7.12 Å². The molecule has 13 heteroatoms. The number of benzene rings is 2. The van der Waals surface area contributed by atoms with Crippen molar-refractivity contribution in [1.29, 1.82) is 0 Å². The molecule has 3 saturated carbocycles. The van der Waals surface area contributed by atoms with E-state index in [1.807, 2.05) is 12.1 Å². The van der Waals surface area contributed by atoms with Crippen LogP contribution >= 0.6 is 0 Å². The molecule has 4 aliphatic rings. The molecule has 266 valence electrons. The lowest BCUT2D eigenvalue weighted by molar-refractivity contribution is -0.199. The molecule has 50 heavy (non-hydrogen) atoms. The second-order valence-electron chi connectivity index (χ2n) is 15.4. The van der Waals surface area contributed by atoms with Gasteiger partial charge in [-0.15, -0.1) is 10.2 Å². The van der Waals surface area contributed by atoms with E-state index in [-0.39, 0.29) is 24.0 Å². The molecule has 7 rings (SSSR count). The normalized spacial score (nSPS) is 24.5. The molecule has 1 aromatic heterocycles. The molecule has 4 fully saturated rings. The van der Waals surface area contributed by atoms with E-state index in [0.29, 0.717) is 40.8 Å². The van der Waals surface area contributed by atoms with E-state index in [4.69, 9.17) is 9.31 Å². The Kier molecular flexibility index (Phi) is 10.5. The van der Waals surface area contributed by atoms with Crippen LogP contribution in [-0.2, 0) is 20.5 Å². The van der Waals surface area contributed by atoms with E-state index in [2.05, 4.69) is 78.1 Å². The molecular formula is C37H50BN7O5. The molecule has 1 aliphatic heterocycles.